The highest BCUT2D eigenvalue weighted by atomic mass is 32.2. The smallest absolute Gasteiger partial charge is 0.179 e. The third kappa shape index (κ3) is 3.71. The number of anilines is 1. The highest BCUT2D eigenvalue weighted by molar-refractivity contribution is 7.91. The molecule has 0 unspecified atom stereocenters. The van der Waals surface area contributed by atoms with Crippen LogP contribution in [-0.4, -0.2) is 63.7 Å². The molecular weight excluding hydrogens is 274 g/mol. The van der Waals surface area contributed by atoms with Gasteiger partial charge in [-0.15, -0.1) is 0 Å². The molecule has 1 aromatic carbocycles. The Hall–Kier alpha value is -1.11. The number of sulfone groups is 1. The van der Waals surface area contributed by atoms with Gasteiger partial charge in [-0.25, -0.2) is 8.42 Å². The van der Waals surface area contributed by atoms with Gasteiger partial charge in [0.25, 0.3) is 0 Å². The van der Waals surface area contributed by atoms with Gasteiger partial charge in [0.1, 0.15) is 0 Å². The first-order chi connectivity index (χ1) is 9.38. The fourth-order valence-electron chi connectivity index (χ4n) is 2.28. The first kappa shape index (κ1) is 15.3. The molecule has 20 heavy (non-hydrogen) atoms. The molecule has 5 nitrogen and oxygen atoms in total. The van der Waals surface area contributed by atoms with Gasteiger partial charge >= 0.3 is 0 Å². The highest BCUT2D eigenvalue weighted by Crippen LogP contribution is 2.18. The minimum Gasteiger partial charge on any atom is -0.399 e. The second kappa shape index (κ2) is 6.11. The van der Waals surface area contributed by atoms with Crippen LogP contribution in [0.25, 0.3) is 0 Å². The maximum atomic E-state index is 12.3. The molecule has 6 heteroatoms. The molecular formula is C14H23N3O2S. The Morgan fingerprint density at radius 3 is 2.45 bits per heavy atom. The summed E-state index contributed by atoms with van der Waals surface area (Å²) in [6, 6.07) is 4.92. The molecule has 0 radical (unpaired) electrons. The Kier molecular flexibility index (Phi) is 4.67. The predicted octanol–water partition coefficient (Wildman–Crippen LogP) is 0.598. The first-order valence-corrected chi connectivity index (χ1v) is 8.53. The van der Waals surface area contributed by atoms with Gasteiger partial charge < -0.3 is 10.6 Å². The van der Waals surface area contributed by atoms with Crippen molar-refractivity contribution in [2.75, 3.05) is 51.3 Å². The standard InChI is InChI=1S/C14H23N3O2S/c1-12-11-13(3-4-14(12)15)20(18,19)10-9-17-7-5-16(2)6-8-17/h3-4,11H,5-10,15H2,1-2H3. The summed E-state index contributed by atoms with van der Waals surface area (Å²) in [4.78, 5) is 4.84. The Labute approximate surface area is 121 Å². The molecule has 1 aromatic rings. The molecule has 0 spiro atoms. The lowest BCUT2D eigenvalue weighted by Crippen LogP contribution is -2.45. The van der Waals surface area contributed by atoms with Crippen molar-refractivity contribution in [2.24, 2.45) is 0 Å². The van der Waals surface area contributed by atoms with Crippen LogP contribution in [0, 0.1) is 6.92 Å². The number of aryl methyl sites for hydroxylation is 1. The number of hydrogen-bond acceptors (Lipinski definition) is 5. The Balaban J connectivity index is 1.98. The quantitative estimate of drug-likeness (QED) is 0.824. The molecule has 2 N–H and O–H groups in total. The van der Waals surface area contributed by atoms with Crippen molar-refractivity contribution in [3.05, 3.63) is 23.8 Å². The molecule has 0 aromatic heterocycles. The predicted molar refractivity (Wildman–Crippen MR) is 81.6 cm³/mol. The molecule has 2 rings (SSSR count). The largest absolute Gasteiger partial charge is 0.399 e. The zero-order valence-electron chi connectivity index (χ0n) is 12.2. The molecule has 1 saturated heterocycles. The highest BCUT2D eigenvalue weighted by Gasteiger charge is 2.19. The van der Waals surface area contributed by atoms with Crippen molar-refractivity contribution in [3.63, 3.8) is 0 Å². The van der Waals surface area contributed by atoms with E-state index < -0.39 is 9.84 Å². The molecule has 0 amide bonds. The Morgan fingerprint density at radius 2 is 1.85 bits per heavy atom. The summed E-state index contributed by atoms with van der Waals surface area (Å²) < 4.78 is 24.6. The van der Waals surface area contributed by atoms with Crippen molar-refractivity contribution in [3.8, 4) is 0 Å². The van der Waals surface area contributed by atoms with Gasteiger partial charge in [-0.05, 0) is 37.7 Å². The van der Waals surface area contributed by atoms with Gasteiger partial charge in [0, 0.05) is 38.4 Å². The van der Waals surface area contributed by atoms with E-state index in [9.17, 15) is 8.42 Å². The van der Waals surface area contributed by atoms with E-state index >= 15 is 0 Å². The Bertz CT molecular complexity index is 564. The summed E-state index contributed by atoms with van der Waals surface area (Å²) in [5.74, 6) is 0.167. The minimum atomic E-state index is -3.22. The van der Waals surface area contributed by atoms with E-state index in [0.717, 1.165) is 31.7 Å². The van der Waals surface area contributed by atoms with Crippen LogP contribution in [0.15, 0.2) is 23.1 Å². The molecule has 1 aliphatic heterocycles. The fraction of sp³-hybridized carbons (Fsp3) is 0.571. The van der Waals surface area contributed by atoms with E-state index in [1.165, 1.54) is 0 Å². The lowest BCUT2D eigenvalue weighted by Gasteiger charge is -2.32. The second-order valence-electron chi connectivity index (χ2n) is 5.48. The van der Waals surface area contributed by atoms with Crippen LogP contribution >= 0.6 is 0 Å². The van der Waals surface area contributed by atoms with Crippen LogP contribution in [0.2, 0.25) is 0 Å². The van der Waals surface area contributed by atoms with Gasteiger partial charge in [-0.1, -0.05) is 0 Å². The van der Waals surface area contributed by atoms with Crippen LogP contribution in [0.3, 0.4) is 0 Å². The van der Waals surface area contributed by atoms with E-state index in [0.29, 0.717) is 17.1 Å². The summed E-state index contributed by atoms with van der Waals surface area (Å²) in [6.07, 6.45) is 0. The van der Waals surface area contributed by atoms with Gasteiger partial charge in [-0.2, -0.15) is 0 Å². The van der Waals surface area contributed by atoms with E-state index in [-0.39, 0.29) is 5.75 Å². The zero-order valence-corrected chi connectivity index (χ0v) is 13.0. The van der Waals surface area contributed by atoms with Crippen LogP contribution in [0.1, 0.15) is 5.56 Å². The monoisotopic (exact) mass is 297 g/mol. The van der Waals surface area contributed by atoms with Crippen LogP contribution in [0.4, 0.5) is 5.69 Å². The second-order valence-corrected chi connectivity index (χ2v) is 7.59. The van der Waals surface area contributed by atoms with E-state index in [2.05, 4.69) is 16.8 Å². The molecule has 112 valence electrons. The summed E-state index contributed by atoms with van der Waals surface area (Å²) in [5.41, 5.74) is 7.17. The minimum absolute atomic E-state index is 0.167. The van der Waals surface area contributed by atoms with Crippen LogP contribution < -0.4 is 5.73 Å². The third-order valence-corrected chi connectivity index (χ3v) is 5.56. The van der Waals surface area contributed by atoms with Crippen molar-refractivity contribution >= 4 is 15.5 Å². The van der Waals surface area contributed by atoms with E-state index in [1.807, 2.05) is 6.92 Å². The molecule has 0 atom stereocenters. The normalized spacial score (nSPS) is 18.3. The summed E-state index contributed by atoms with van der Waals surface area (Å²) in [5, 5.41) is 0. The number of nitrogens with zero attached hydrogens (tertiary/aromatic N) is 2. The molecule has 0 bridgehead atoms. The summed E-state index contributed by atoms with van der Waals surface area (Å²) >= 11 is 0. The molecule has 0 saturated carbocycles. The number of benzene rings is 1. The van der Waals surface area contributed by atoms with Crippen molar-refractivity contribution < 1.29 is 8.42 Å². The number of hydrogen-bond donors (Lipinski definition) is 1. The van der Waals surface area contributed by atoms with Gasteiger partial charge in [0.15, 0.2) is 9.84 Å². The van der Waals surface area contributed by atoms with Gasteiger partial charge in [-0.3, -0.25) is 4.90 Å². The number of piperazine rings is 1. The fourth-order valence-corrected chi connectivity index (χ4v) is 3.65. The SMILES string of the molecule is Cc1cc(S(=O)(=O)CCN2CCN(C)CC2)ccc1N. The van der Waals surface area contributed by atoms with E-state index in [1.54, 1.807) is 18.2 Å². The topological polar surface area (TPSA) is 66.6 Å². The molecule has 1 fully saturated rings. The Morgan fingerprint density at radius 1 is 1.20 bits per heavy atom. The van der Waals surface area contributed by atoms with Gasteiger partial charge in [0.05, 0.1) is 10.6 Å². The lowest BCUT2D eigenvalue weighted by molar-refractivity contribution is 0.161. The average Bonchev–Trinajstić information content (AvgIpc) is 2.41. The first-order valence-electron chi connectivity index (χ1n) is 6.88. The maximum absolute atomic E-state index is 12.3. The van der Waals surface area contributed by atoms with E-state index in [4.69, 9.17) is 5.73 Å². The van der Waals surface area contributed by atoms with Crippen molar-refractivity contribution in [2.45, 2.75) is 11.8 Å². The average molecular weight is 297 g/mol. The number of rotatable bonds is 4. The van der Waals surface area contributed by atoms with Crippen LogP contribution in [0.5, 0.6) is 0 Å². The number of nitrogen functional groups attached to an aromatic ring is 1. The van der Waals surface area contributed by atoms with Crippen LogP contribution in [-0.2, 0) is 9.84 Å². The van der Waals surface area contributed by atoms with Crippen molar-refractivity contribution in [1.82, 2.24) is 9.80 Å². The van der Waals surface area contributed by atoms with Gasteiger partial charge in [0.2, 0.25) is 0 Å². The number of likely N-dealkylation sites (N-methyl/N-ethyl adjacent to an activating group) is 1. The third-order valence-electron chi connectivity index (χ3n) is 3.87. The summed E-state index contributed by atoms with van der Waals surface area (Å²) in [6.45, 7) is 6.30. The zero-order chi connectivity index (χ0) is 14.8. The lowest BCUT2D eigenvalue weighted by atomic mass is 10.2. The summed E-state index contributed by atoms with van der Waals surface area (Å²) in [7, 11) is -1.13. The van der Waals surface area contributed by atoms with Crippen molar-refractivity contribution in [1.29, 1.82) is 0 Å². The molecule has 1 aliphatic rings. The molecule has 0 aliphatic carbocycles. The maximum Gasteiger partial charge on any atom is 0.179 e. The number of nitrogens with two attached hydrogens (primary N) is 1. The molecule has 1 heterocycles.